The molecule has 4 nitrogen and oxygen atoms in total. The van der Waals surface area contributed by atoms with Gasteiger partial charge in [-0.05, 0) is 23.7 Å². The molecule has 0 fully saturated rings. The van der Waals surface area contributed by atoms with Crippen molar-refractivity contribution in [3.05, 3.63) is 33.1 Å². The van der Waals surface area contributed by atoms with Crippen molar-refractivity contribution in [3.63, 3.8) is 0 Å². The van der Waals surface area contributed by atoms with Gasteiger partial charge in [0, 0.05) is 15.1 Å². The minimum Gasteiger partial charge on any atom is -0.497 e. The van der Waals surface area contributed by atoms with Crippen LogP contribution in [0, 0.1) is 0 Å². The highest BCUT2D eigenvalue weighted by Crippen LogP contribution is 2.26. The second-order valence-electron chi connectivity index (χ2n) is 2.04. The van der Waals surface area contributed by atoms with Gasteiger partial charge in [-0.2, -0.15) is 0 Å². The number of halogens is 1. The second kappa shape index (κ2) is 3.99. The van der Waals surface area contributed by atoms with Gasteiger partial charge in [0.05, 0.1) is 7.11 Å². The lowest BCUT2D eigenvalue weighted by atomic mass is 10.3. The van der Waals surface area contributed by atoms with Gasteiger partial charge in [0.25, 0.3) is 0 Å². The Bertz CT molecular complexity index is 333. The normalized spacial score (nSPS) is 8.83. The molecule has 0 aliphatic carbocycles. The highest BCUT2D eigenvalue weighted by molar-refractivity contribution is 9.10. The Morgan fingerprint density at radius 2 is 2.25 bits per heavy atom. The number of methoxy groups -OCH3 is 1. The lowest BCUT2D eigenvalue weighted by Gasteiger charge is -2.00. The molecular weight excluding hydrogens is 222 g/mol. The zero-order valence-electron chi connectivity index (χ0n) is 6.36. The third kappa shape index (κ3) is 2.15. The SMILES string of the molecule is COc1cc(Br)cc(N=[N+]=[N-])c1. The van der Waals surface area contributed by atoms with E-state index in [-0.39, 0.29) is 0 Å². The second-order valence-corrected chi connectivity index (χ2v) is 2.95. The van der Waals surface area contributed by atoms with Gasteiger partial charge < -0.3 is 4.74 Å². The Kier molecular flexibility index (Phi) is 2.96. The highest BCUT2D eigenvalue weighted by atomic mass is 79.9. The summed E-state index contributed by atoms with van der Waals surface area (Å²) in [5.74, 6) is 0.659. The number of ether oxygens (including phenoxy) is 1. The molecule has 0 amide bonds. The van der Waals surface area contributed by atoms with Crippen molar-refractivity contribution < 1.29 is 4.74 Å². The van der Waals surface area contributed by atoms with Crippen molar-refractivity contribution in [2.24, 2.45) is 5.11 Å². The van der Waals surface area contributed by atoms with Crippen molar-refractivity contribution in [2.75, 3.05) is 7.11 Å². The molecule has 0 aliphatic heterocycles. The topological polar surface area (TPSA) is 58.0 Å². The van der Waals surface area contributed by atoms with E-state index in [0.717, 1.165) is 4.47 Å². The zero-order valence-corrected chi connectivity index (χ0v) is 7.95. The van der Waals surface area contributed by atoms with Crippen LogP contribution in [0.1, 0.15) is 0 Å². The third-order valence-corrected chi connectivity index (χ3v) is 1.71. The van der Waals surface area contributed by atoms with Crippen molar-refractivity contribution >= 4 is 21.6 Å². The fourth-order valence-electron chi connectivity index (χ4n) is 0.775. The van der Waals surface area contributed by atoms with Crippen LogP contribution in [0.25, 0.3) is 10.4 Å². The summed E-state index contributed by atoms with van der Waals surface area (Å²) in [6, 6.07) is 5.16. The molecule has 0 heterocycles. The summed E-state index contributed by atoms with van der Waals surface area (Å²) in [4.78, 5) is 2.67. The van der Waals surface area contributed by atoms with Crippen LogP contribution in [0.3, 0.4) is 0 Å². The molecule has 0 aromatic heterocycles. The monoisotopic (exact) mass is 227 g/mol. The molecule has 62 valence electrons. The van der Waals surface area contributed by atoms with Crippen LogP contribution in [0.2, 0.25) is 0 Å². The smallest absolute Gasteiger partial charge is 0.120 e. The minimum atomic E-state index is 0.531. The average molecular weight is 228 g/mol. The number of hydrogen-bond donors (Lipinski definition) is 0. The van der Waals surface area contributed by atoms with Crippen molar-refractivity contribution in [2.45, 2.75) is 0 Å². The Balaban J connectivity index is 3.14. The van der Waals surface area contributed by atoms with E-state index < -0.39 is 0 Å². The zero-order chi connectivity index (χ0) is 8.97. The van der Waals surface area contributed by atoms with Gasteiger partial charge in [-0.1, -0.05) is 21.0 Å². The molecule has 1 rings (SSSR count). The Hall–Kier alpha value is -1.19. The van der Waals surface area contributed by atoms with Gasteiger partial charge in [-0.15, -0.1) is 0 Å². The number of rotatable bonds is 2. The van der Waals surface area contributed by atoms with Crippen LogP contribution >= 0.6 is 15.9 Å². The van der Waals surface area contributed by atoms with E-state index in [0.29, 0.717) is 11.4 Å². The van der Waals surface area contributed by atoms with Crippen LogP contribution < -0.4 is 4.74 Å². The maximum Gasteiger partial charge on any atom is 0.120 e. The molecule has 1 aromatic carbocycles. The van der Waals surface area contributed by atoms with E-state index in [1.807, 2.05) is 0 Å². The summed E-state index contributed by atoms with van der Waals surface area (Å²) in [5, 5.41) is 3.45. The van der Waals surface area contributed by atoms with Gasteiger partial charge in [0.1, 0.15) is 5.75 Å². The third-order valence-electron chi connectivity index (χ3n) is 1.25. The molecule has 1 aromatic rings. The van der Waals surface area contributed by atoms with E-state index in [1.165, 1.54) is 0 Å². The summed E-state index contributed by atoms with van der Waals surface area (Å²) in [7, 11) is 1.56. The fourth-order valence-corrected chi connectivity index (χ4v) is 1.24. The van der Waals surface area contributed by atoms with Crippen molar-refractivity contribution in [1.29, 1.82) is 0 Å². The average Bonchev–Trinajstić information content (AvgIpc) is 2.04. The van der Waals surface area contributed by atoms with E-state index in [9.17, 15) is 0 Å². The number of benzene rings is 1. The molecule has 0 saturated carbocycles. The summed E-state index contributed by atoms with van der Waals surface area (Å²) >= 11 is 3.26. The summed E-state index contributed by atoms with van der Waals surface area (Å²) < 4.78 is 5.79. The molecule has 0 bridgehead atoms. The molecule has 12 heavy (non-hydrogen) atoms. The molecular formula is C7H6BrN3O. The first-order valence-electron chi connectivity index (χ1n) is 3.16. The quantitative estimate of drug-likeness (QED) is 0.434. The molecule has 0 radical (unpaired) electrons. The van der Waals surface area contributed by atoms with Gasteiger partial charge in [-0.25, -0.2) is 0 Å². The van der Waals surface area contributed by atoms with Crippen LogP contribution in [-0.4, -0.2) is 7.11 Å². The molecule has 0 aliphatic rings. The lowest BCUT2D eigenvalue weighted by molar-refractivity contribution is 0.414. The predicted octanol–water partition coefficient (Wildman–Crippen LogP) is 3.40. The predicted molar refractivity (Wildman–Crippen MR) is 49.5 cm³/mol. The van der Waals surface area contributed by atoms with Gasteiger partial charge in [0.2, 0.25) is 0 Å². The summed E-state index contributed by atoms with van der Waals surface area (Å²) in [5.41, 5.74) is 8.71. The number of azide groups is 1. The molecule has 0 atom stereocenters. The highest BCUT2D eigenvalue weighted by Gasteiger charge is 1.96. The number of nitrogens with zero attached hydrogens (tertiary/aromatic N) is 3. The van der Waals surface area contributed by atoms with E-state index in [4.69, 9.17) is 10.3 Å². The van der Waals surface area contributed by atoms with Crippen LogP contribution in [0.15, 0.2) is 27.8 Å². The standard InChI is InChI=1S/C7H6BrN3O/c1-12-7-3-5(8)2-6(4-7)10-11-9/h2-4H,1H3. The van der Waals surface area contributed by atoms with Gasteiger partial charge >= 0.3 is 0 Å². The minimum absolute atomic E-state index is 0.531. The van der Waals surface area contributed by atoms with E-state index >= 15 is 0 Å². The Morgan fingerprint density at radius 1 is 1.50 bits per heavy atom. The largest absolute Gasteiger partial charge is 0.497 e. The Morgan fingerprint density at radius 3 is 2.83 bits per heavy atom. The van der Waals surface area contributed by atoms with E-state index in [1.54, 1.807) is 25.3 Å². The van der Waals surface area contributed by atoms with Crippen molar-refractivity contribution in [3.8, 4) is 5.75 Å². The fraction of sp³-hybridized carbons (Fsp3) is 0.143. The van der Waals surface area contributed by atoms with Crippen LogP contribution in [0.4, 0.5) is 5.69 Å². The lowest BCUT2D eigenvalue weighted by Crippen LogP contribution is -1.81. The first kappa shape index (κ1) is 8.90. The summed E-state index contributed by atoms with van der Waals surface area (Å²) in [6.07, 6.45) is 0. The maximum atomic E-state index is 8.18. The first-order chi connectivity index (χ1) is 5.76. The first-order valence-corrected chi connectivity index (χ1v) is 3.95. The van der Waals surface area contributed by atoms with Gasteiger partial charge in [-0.3, -0.25) is 0 Å². The maximum absolute atomic E-state index is 8.18. The molecule has 0 N–H and O–H groups in total. The molecule has 0 spiro atoms. The number of hydrogen-bond acceptors (Lipinski definition) is 2. The van der Waals surface area contributed by atoms with Crippen LogP contribution in [0.5, 0.6) is 5.75 Å². The molecule has 0 saturated heterocycles. The molecule has 5 heteroatoms. The van der Waals surface area contributed by atoms with Crippen LogP contribution in [-0.2, 0) is 0 Å². The van der Waals surface area contributed by atoms with E-state index in [2.05, 4.69) is 26.0 Å². The summed E-state index contributed by atoms with van der Waals surface area (Å²) in [6.45, 7) is 0. The molecule has 0 unspecified atom stereocenters. The van der Waals surface area contributed by atoms with Crippen molar-refractivity contribution in [1.82, 2.24) is 0 Å². The van der Waals surface area contributed by atoms with Gasteiger partial charge in [0.15, 0.2) is 0 Å². The Labute approximate surface area is 77.9 Å².